The van der Waals surface area contributed by atoms with Crippen LogP contribution in [0.15, 0.2) is 77.8 Å². The number of nitrogens with one attached hydrogen (secondary N) is 1. The average molecular weight is 553 g/mol. The number of anilines is 1. The van der Waals surface area contributed by atoms with E-state index in [4.69, 9.17) is 38.7 Å². The first-order valence-electron chi connectivity index (χ1n) is 11.8. The molecular formula is C28H26Cl2N4O4. The number of amides is 3. The lowest BCUT2D eigenvalue weighted by molar-refractivity contribution is -0.136. The first-order valence-corrected chi connectivity index (χ1v) is 12.6. The zero-order valence-corrected chi connectivity index (χ0v) is 22.2. The fourth-order valence-corrected chi connectivity index (χ4v) is 4.54. The zero-order chi connectivity index (χ0) is 27.4. The van der Waals surface area contributed by atoms with Crippen molar-refractivity contribution in [1.29, 1.82) is 0 Å². The Labute approximate surface area is 230 Å². The number of carbonyl (C=O) groups excluding carboxylic acids is 3. The highest BCUT2D eigenvalue weighted by Crippen LogP contribution is 2.32. The van der Waals surface area contributed by atoms with Gasteiger partial charge in [-0.05, 0) is 23.8 Å². The second-order valence-electron chi connectivity index (χ2n) is 8.83. The van der Waals surface area contributed by atoms with Gasteiger partial charge in [-0.3, -0.25) is 14.4 Å². The van der Waals surface area contributed by atoms with Gasteiger partial charge in [0.2, 0.25) is 18.0 Å². The van der Waals surface area contributed by atoms with Crippen LogP contribution in [-0.4, -0.2) is 43.3 Å². The standard InChI is InChI=1S/C28H26Cl2N4O4/c1-16(25(38-15-23(31)35)18-12-13-20(29)21(30)14-18)27(36)33-26-28(37)34(2)22-11-7-6-10-19(22)24(32-26)17-8-4-3-5-9-17/h3-14,16,25-26H,15H2,1-2H3,(H2,31,35)(H,33,36)/t16-,25-,26+/m0/s1. The predicted octanol–water partition coefficient (Wildman–Crippen LogP) is 4.13. The molecule has 0 radical (unpaired) electrons. The van der Waals surface area contributed by atoms with Crippen molar-refractivity contribution < 1.29 is 19.1 Å². The second-order valence-corrected chi connectivity index (χ2v) is 9.64. The molecule has 1 aliphatic heterocycles. The van der Waals surface area contributed by atoms with E-state index in [-0.39, 0.29) is 5.02 Å². The number of hydrogen-bond donors (Lipinski definition) is 2. The number of ether oxygens (including phenoxy) is 1. The Morgan fingerprint density at radius 2 is 1.74 bits per heavy atom. The van der Waals surface area contributed by atoms with E-state index in [1.165, 1.54) is 4.90 Å². The van der Waals surface area contributed by atoms with Crippen molar-refractivity contribution in [2.75, 3.05) is 18.6 Å². The van der Waals surface area contributed by atoms with Crippen molar-refractivity contribution in [3.8, 4) is 0 Å². The van der Waals surface area contributed by atoms with Gasteiger partial charge in [-0.15, -0.1) is 0 Å². The Morgan fingerprint density at radius 1 is 1.05 bits per heavy atom. The lowest BCUT2D eigenvalue weighted by atomic mass is 9.96. The van der Waals surface area contributed by atoms with Gasteiger partial charge in [0.25, 0.3) is 5.91 Å². The highest BCUT2D eigenvalue weighted by atomic mass is 35.5. The second kappa shape index (κ2) is 11.8. The van der Waals surface area contributed by atoms with E-state index in [0.717, 1.165) is 11.1 Å². The predicted molar refractivity (Wildman–Crippen MR) is 147 cm³/mol. The van der Waals surface area contributed by atoms with Crippen LogP contribution in [0.1, 0.15) is 29.7 Å². The van der Waals surface area contributed by atoms with Crippen molar-refractivity contribution in [3.05, 3.63) is 99.5 Å². The fraction of sp³-hybridized carbons (Fsp3) is 0.214. The van der Waals surface area contributed by atoms with Gasteiger partial charge in [-0.1, -0.05) is 84.7 Å². The van der Waals surface area contributed by atoms with Crippen molar-refractivity contribution in [2.45, 2.75) is 19.2 Å². The molecule has 3 aromatic rings. The number of aliphatic imine (C=N–C) groups is 1. The summed E-state index contributed by atoms with van der Waals surface area (Å²) in [6.07, 6.45) is -2.10. The van der Waals surface area contributed by atoms with Crippen molar-refractivity contribution >= 4 is 52.3 Å². The number of rotatable bonds is 8. The summed E-state index contributed by atoms with van der Waals surface area (Å²) in [5.74, 6) is -2.48. The first-order chi connectivity index (χ1) is 18.2. The summed E-state index contributed by atoms with van der Waals surface area (Å²) in [6, 6.07) is 21.6. The maximum Gasteiger partial charge on any atom is 0.272 e. The van der Waals surface area contributed by atoms with Crippen LogP contribution in [0.3, 0.4) is 0 Å². The summed E-state index contributed by atoms with van der Waals surface area (Å²) in [7, 11) is 1.64. The van der Waals surface area contributed by atoms with Crippen molar-refractivity contribution in [3.63, 3.8) is 0 Å². The molecule has 8 nitrogen and oxygen atoms in total. The summed E-state index contributed by atoms with van der Waals surface area (Å²) < 4.78 is 5.70. The number of hydrogen-bond acceptors (Lipinski definition) is 5. The summed E-state index contributed by atoms with van der Waals surface area (Å²) >= 11 is 12.2. The molecule has 0 unspecified atom stereocenters. The summed E-state index contributed by atoms with van der Waals surface area (Å²) in [6.45, 7) is 1.20. The van der Waals surface area contributed by atoms with Gasteiger partial charge in [0.1, 0.15) is 6.61 Å². The molecular weight excluding hydrogens is 527 g/mol. The minimum absolute atomic E-state index is 0.264. The molecule has 0 aliphatic carbocycles. The van der Waals surface area contributed by atoms with E-state index in [9.17, 15) is 14.4 Å². The van der Waals surface area contributed by atoms with Crippen LogP contribution in [0.25, 0.3) is 0 Å². The van der Waals surface area contributed by atoms with Crippen LogP contribution in [0.2, 0.25) is 10.0 Å². The average Bonchev–Trinajstić information content (AvgIpc) is 3.01. The van der Waals surface area contributed by atoms with E-state index in [1.807, 2.05) is 54.6 Å². The van der Waals surface area contributed by atoms with Crippen LogP contribution in [-0.2, 0) is 19.1 Å². The van der Waals surface area contributed by atoms with Crippen LogP contribution in [0.4, 0.5) is 5.69 Å². The number of halogens is 2. The molecule has 196 valence electrons. The number of carbonyl (C=O) groups is 3. The van der Waals surface area contributed by atoms with E-state index >= 15 is 0 Å². The third kappa shape index (κ3) is 5.88. The molecule has 4 rings (SSSR count). The highest BCUT2D eigenvalue weighted by molar-refractivity contribution is 6.42. The Kier molecular flexibility index (Phi) is 8.46. The summed E-state index contributed by atoms with van der Waals surface area (Å²) in [5, 5.41) is 3.36. The van der Waals surface area contributed by atoms with Gasteiger partial charge in [-0.25, -0.2) is 4.99 Å². The number of nitrogens with two attached hydrogens (primary N) is 1. The molecule has 1 aliphatic rings. The van der Waals surface area contributed by atoms with Crippen molar-refractivity contribution in [1.82, 2.24) is 5.32 Å². The van der Waals surface area contributed by atoms with Crippen LogP contribution < -0.4 is 16.0 Å². The molecule has 1 heterocycles. The fourth-order valence-electron chi connectivity index (χ4n) is 4.24. The topological polar surface area (TPSA) is 114 Å². The molecule has 0 bridgehead atoms. The van der Waals surface area contributed by atoms with Crippen molar-refractivity contribution in [2.24, 2.45) is 16.6 Å². The monoisotopic (exact) mass is 552 g/mol. The lowest BCUT2D eigenvalue weighted by Gasteiger charge is -2.26. The number of nitrogens with zero attached hydrogens (tertiary/aromatic N) is 2. The summed E-state index contributed by atoms with van der Waals surface area (Å²) in [4.78, 5) is 44.6. The molecule has 0 aromatic heterocycles. The Hall–Kier alpha value is -3.72. The third-order valence-corrected chi connectivity index (χ3v) is 6.95. The third-order valence-electron chi connectivity index (χ3n) is 6.21. The molecule has 3 N–H and O–H groups in total. The van der Waals surface area contributed by atoms with Gasteiger partial charge in [-0.2, -0.15) is 0 Å². The SMILES string of the molecule is C[C@H](C(=O)N[C@H]1N=C(c2ccccc2)c2ccccc2N(C)C1=O)[C@H](OCC(N)=O)c1ccc(Cl)c(Cl)c1. The largest absolute Gasteiger partial charge is 0.368 e. The molecule has 3 aromatic carbocycles. The minimum atomic E-state index is -1.21. The Balaban J connectivity index is 1.68. The van der Waals surface area contributed by atoms with E-state index in [1.54, 1.807) is 32.2 Å². The molecule has 0 fully saturated rings. The number of benzodiazepines with no additional fused rings is 1. The Bertz CT molecular complexity index is 1400. The maximum absolute atomic E-state index is 13.5. The molecule has 38 heavy (non-hydrogen) atoms. The van der Waals surface area contributed by atoms with Crippen LogP contribution in [0.5, 0.6) is 0 Å². The van der Waals surface area contributed by atoms with Crippen LogP contribution in [0, 0.1) is 5.92 Å². The molecule has 3 amide bonds. The van der Waals surface area contributed by atoms with Gasteiger partial charge >= 0.3 is 0 Å². The van der Waals surface area contributed by atoms with E-state index < -0.39 is 42.5 Å². The van der Waals surface area contributed by atoms with Gasteiger partial charge in [0.05, 0.1) is 33.5 Å². The number of likely N-dealkylation sites (N-methyl/N-ethyl adjacent to an activating group) is 1. The first kappa shape index (κ1) is 27.3. The number of benzene rings is 3. The maximum atomic E-state index is 13.5. The number of para-hydroxylation sites is 1. The lowest BCUT2D eigenvalue weighted by Crippen LogP contribution is -2.48. The molecule has 0 spiro atoms. The molecule has 0 saturated carbocycles. The van der Waals surface area contributed by atoms with Gasteiger partial charge in [0, 0.05) is 18.2 Å². The summed E-state index contributed by atoms with van der Waals surface area (Å²) in [5.41, 5.74) is 8.61. The minimum Gasteiger partial charge on any atom is -0.368 e. The van der Waals surface area contributed by atoms with Crippen LogP contribution >= 0.6 is 23.2 Å². The normalized spacial score (nSPS) is 16.6. The van der Waals surface area contributed by atoms with Gasteiger partial charge < -0.3 is 20.7 Å². The molecule has 0 saturated heterocycles. The van der Waals surface area contributed by atoms with E-state index in [0.29, 0.717) is 22.0 Å². The smallest absolute Gasteiger partial charge is 0.272 e. The number of primary amides is 1. The molecule has 3 atom stereocenters. The van der Waals surface area contributed by atoms with Gasteiger partial charge in [0.15, 0.2) is 0 Å². The number of fused-ring (bicyclic) bond motifs is 1. The highest BCUT2D eigenvalue weighted by Gasteiger charge is 2.34. The quantitative estimate of drug-likeness (QED) is 0.437. The molecule has 10 heteroatoms. The van der Waals surface area contributed by atoms with E-state index in [2.05, 4.69) is 5.32 Å². The Morgan fingerprint density at radius 3 is 2.42 bits per heavy atom. The zero-order valence-electron chi connectivity index (χ0n) is 20.7.